The van der Waals surface area contributed by atoms with E-state index in [0.717, 1.165) is 17.6 Å². The number of nitriles is 1. The van der Waals surface area contributed by atoms with E-state index in [0.29, 0.717) is 21.9 Å². The molecule has 0 saturated carbocycles. The summed E-state index contributed by atoms with van der Waals surface area (Å²) in [6, 6.07) is 14.6. The molecule has 1 aromatic heterocycles. The zero-order valence-corrected chi connectivity index (χ0v) is 17.3. The van der Waals surface area contributed by atoms with E-state index >= 15 is 0 Å². The van der Waals surface area contributed by atoms with E-state index in [4.69, 9.17) is 13.1 Å². The van der Waals surface area contributed by atoms with E-state index in [2.05, 4.69) is 4.98 Å². The summed E-state index contributed by atoms with van der Waals surface area (Å²) in [6.07, 6.45) is 0.849. The molecule has 30 heavy (non-hydrogen) atoms. The van der Waals surface area contributed by atoms with Crippen molar-refractivity contribution >= 4 is 50.7 Å². The maximum absolute atomic E-state index is 13.7. The standard InChI is InChI=1S/C19H14BFN4O3S2/c1-30(27,28)24-18(26)16-17(20)29-19(23-16)25(11-13-3-2-4-14(21)9-13)15-7-5-12(10-22)6-8-15/h2-9H,11H2,1H3,(H,24,26). The van der Waals surface area contributed by atoms with Crippen molar-refractivity contribution in [1.82, 2.24) is 9.71 Å². The topological polar surface area (TPSA) is 103 Å². The van der Waals surface area contributed by atoms with E-state index in [1.54, 1.807) is 41.3 Å². The number of anilines is 2. The number of amides is 1. The van der Waals surface area contributed by atoms with E-state index in [1.807, 2.05) is 10.8 Å². The fraction of sp³-hybridized carbons (Fsp3) is 0.105. The molecule has 3 rings (SSSR count). The minimum absolute atomic E-state index is 0.0315. The summed E-state index contributed by atoms with van der Waals surface area (Å²) >= 11 is 0.983. The third kappa shape index (κ3) is 5.22. The minimum Gasteiger partial charge on any atom is -0.313 e. The van der Waals surface area contributed by atoms with Gasteiger partial charge in [0.25, 0.3) is 5.91 Å². The van der Waals surface area contributed by atoms with Crippen LogP contribution in [0.5, 0.6) is 0 Å². The van der Waals surface area contributed by atoms with Crippen molar-refractivity contribution in [3.63, 3.8) is 0 Å². The lowest BCUT2D eigenvalue weighted by Crippen LogP contribution is -2.32. The predicted octanol–water partition coefficient (Wildman–Crippen LogP) is 1.98. The molecule has 2 radical (unpaired) electrons. The molecule has 0 bridgehead atoms. The maximum Gasteiger partial charge on any atom is 0.283 e. The fourth-order valence-corrected chi connectivity index (χ4v) is 3.90. The van der Waals surface area contributed by atoms with Crippen LogP contribution in [0.1, 0.15) is 21.6 Å². The fourth-order valence-electron chi connectivity index (χ4n) is 2.62. The summed E-state index contributed by atoms with van der Waals surface area (Å²) in [4.78, 5) is 18.1. The van der Waals surface area contributed by atoms with Crippen LogP contribution in [0.25, 0.3) is 0 Å². The van der Waals surface area contributed by atoms with Gasteiger partial charge in [-0.05, 0) is 46.7 Å². The summed E-state index contributed by atoms with van der Waals surface area (Å²) in [5.74, 6) is -1.35. The predicted molar refractivity (Wildman–Crippen MR) is 113 cm³/mol. The van der Waals surface area contributed by atoms with Crippen LogP contribution in [0.15, 0.2) is 48.5 Å². The van der Waals surface area contributed by atoms with Crippen molar-refractivity contribution in [2.75, 3.05) is 11.2 Å². The van der Waals surface area contributed by atoms with Crippen LogP contribution >= 0.6 is 11.3 Å². The summed E-state index contributed by atoms with van der Waals surface area (Å²) in [7, 11) is 2.12. The van der Waals surface area contributed by atoms with Gasteiger partial charge in [-0.3, -0.25) is 4.79 Å². The van der Waals surface area contributed by atoms with Crippen molar-refractivity contribution < 1.29 is 17.6 Å². The molecule has 7 nitrogen and oxygen atoms in total. The Labute approximate surface area is 178 Å². The van der Waals surface area contributed by atoms with Crippen LogP contribution < -0.4 is 14.4 Å². The Morgan fingerprint density at radius 2 is 2.00 bits per heavy atom. The number of rotatable bonds is 6. The quantitative estimate of drug-likeness (QED) is 0.588. The molecule has 0 aliphatic heterocycles. The molecule has 150 valence electrons. The van der Waals surface area contributed by atoms with Crippen molar-refractivity contribution in [1.29, 1.82) is 5.26 Å². The number of thiazole rings is 1. The van der Waals surface area contributed by atoms with Gasteiger partial charge in [-0.1, -0.05) is 12.1 Å². The first kappa shape index (κ1) is 21.5. The highest BCUT2D eigenvalue weighted by Crippen LogP contribution is 2.30. The number of hydrogen-bond acceptors (Lipinski definition) is 7. The highest BCUT2D eigenvalue weighted by atomic mass is 32.2. The Morgan fingerprint density at radius 3 is 2.60 bits per heavy atom. The van der Waals surface area contributed by atoms with E-state index in [-0.39, 0.29) is 17.0 Å². The second-order valence-electron chi connectivity index (χ2n) is 6.29. The number of benzene rings is 2. The second-order valence-corrected chi connectivity index (χ2v) is 9.04. The summed E-state index contributed by atoms with van der Waals surface area (Å²) < 4.78 is 38.2. The highest BCUT2D eigenvalue weighted by molar-refractivity contribution is 7.89. The first-order chi connectivity index (χ1) is 14.2. The molecule has 0 aliphatic rings. The first-order valence-electron chi connectivity index (χ1n) is 8.47. The summed E-state index contributed by atoms with van der Waals surface area (Å²) in [6.45, 7) is 0.198. The molecular formula is C19H14BFN4O3S2. The zero-order valence-electron chi connectivity index (χ0n) is 15.7. The normalized spacial score (nSPS) is 11.0. The molecule has 0 atom stereocenters. The maximum atomic E-state index is 13.7. The average molecular weight is 440 g/mol. The number of aromatic nitrogens is 1. The Balaban J connectivity index is 2.02. The van der Waals surface area contributed by atoms with Crippen LogP contribution in [-0.4, -0.2) is 33.4 Å². The number of carbonyl (C=O) groups excluding carboxylic acids is 1. The molecule has 1 heterocycles. The van der Waals surface area contributed by atoms with Gasteiger partial charge in [0.1, 0.15) is 19.4 Å². The van der Waals surface area contributed by atoms with Crippen molar-refractivity contribution in [3.8, 4) is 6.07 Å². The van der Waals surface area contributed by atoms with Gasteiger partial charge in [-0.2, -0.15) is 5.26 Å². The summed E-state index contributed by atoms with van der Waals surface area (Å²) in [5.41, 5.74) is 1.49. The molecule has 11 heteroatoms. The van der Waals surface area contributed by atoms with Gasteiger partial charge in [-0.25, -0.2) is 22.5 Å². The number of sulfonamides is 1. The van der Waals surface area contributed by atoms with Gasteiger partial charge in [0, 0.05) is 5.69 Å². The number of carbonyl (C=O) groups is 1. The van der Waals surface area contributed by atoms with Crippen molar-refractivity contribution in [3.05, 3.63) is 71.2 Å². The molecule has 0 unspecified atom stereocenters. The van der Waals surface area contributed by atoms with Gasteiger partial charge in [0.15, 0.2) is 5.13 Å². The van der Waals surface area contributed by atoms with Crippen LogP contribution in [0.3, 0.4) is 0 Å². The molecule has 2 aromatic carbocycles. The molecule has 3 aromatic rings. The van der Waals surface area contributed by atoms with E-state index in [1.165, 1.54) is 12.1 Å². The third-order valence-corrected chi connectivity index (χ3v) is 5.37. The van der Waals surface area contributed by atoms with E-state index in [9.17, 15) is 17.6 Å². The lowest BCUT2D eigenvalue weighted by atomic mass is 10.1. The van der Waals surface area contributed by atoms with Crippen LogP contribution in [0.2, 0.25) is 0 Å². The Bertz CT molecular complexity index is 1240. The first-order valence-corrected chi connectivity index (χ1v) is 11.2. The Kier molecular flexibility index (Phi) is 6.19. The second kappa shape index (κ2) is 8.65. The SMILES string of the molecule is [B]c1sc(N(Cc2cccc(F)c2)c2ccc(C#N)cc2)nc1C(=O)NS(C)(=O)=O. The molecule has 0 aliphatic carbocycles. The number of nitrogens with one attached hydrogen (secondary N) is 1. The Morgan fingerprint density at radius 1 is 1.30 bits per heavy atom. The minimum atomic E-state index is -3.79. The molecule has 1 amide bonds. The van der Waals surface area contributed by atoms with Gasteiger partial charge < -0.3 is 4.90 Å². The van der Waals surface area contributed by atoms with Crippen LogP contribution in [-0.2, 0) is 16.6 Å². The van der Waals surface area contributed by atoms with Crippen LogP contribution in [0, 0.1) is 17.1 Å². The van der Waals surface area contributed by atoms with E-state index < -0.39 is 21.7 Å². The van der Waals surface area contributed by atoms with Crippen molar-refractivity contribution in [2.45, 2.75) is 6.54 Å². The smallest absolute Gasteiger partial charge is 0.283 e. The molecule has 0 saturated heterocycles. The number of nitrogens with zero attached hydrogens (tertiary/aromatic N) is 3. The third-order valence-electron chi connectivity index (χ3n) is 3.90. The molecule has 0 spiro atoms. The number of hydrogen-bond donors (Lipinski definition) is 1. The largest absolute Gasteiger partial charge is 0.313 e. The molecular weight excluding hydrogens is 426 g/mol. The van der Waals surface area contributed by atoms with Crippen LogP contribution in [0.4, 0.5) is 15.2 Å². The zero-order chi connectivity index (χ0) is 21.9. The number of halogens is 1. The molecule has 0 fully saturated rings. The lowest BCUT2D eigenvalue weighted by molar-refractivity contribution is 0.0978. The lowest BCUT2D eigenvalue weighted by Gasteiger charge is -2.22. The molecule has 1 N–H and O–H groups in total. The van der Waals surface area contributed by atoms with Gasteiger partial charge >= 0.3 is 0 Å². The van der Waals surface area contributed by atoms with Crippen molar-refractivity contribution in [2.24, 2.45) is 0 Å². The average Bonchev–Trinajstić information content (AvgIpc) is 3.06. The monoisotopic (exact) mass is 440 g/mol. The Hall–Kier alpha value is -3.23. The highest BCUT2D eigenvalue weighted by Gasteiger charge is 2.22. The van der Waals surface area contributed by atoms with Gasteiger partial charge in [-0.15, -0.1) is 11.3 Å². The summed E-state index contributed by atoms with van der Waals surface area (Å²) in [5, 5.41) is 9.32. The van der Waals surface area contributed by atoms with Gasteiger partial charge in [0.05, 0.1) is 24.4 Å². The van der Waals surface area contributed by atoms with Gasteiger partial charge in [0.2, 0.25) is 10.0 Å².